The van der Waals surface area contributed by atoms with Crippen LogP contribution in [0.3, 0.4) is 0 Å². The van der Waals surface area contributed by atoms with E-state index in [1.165, 1.54) is 12.1 Å². The third kappa shape index (κ3) is 6.15. The zero-order chi connectivity index (χ0) is 43.0. The summed E-state index contributed by atoms with van der Waals surface area (Å²) < 4.78 is 65.2. The predicted molar refractivity (Wildman–Crippen MR) is 232 cm³/mol. The SMILES string of the molecule is Cc1cccc(C)c1-c1ccc2c(c1)N(c1ccccc1)c1cc(-c3c(C)cccc3C)ccc1N2c1c(C#N)c(C(O)c2ccccc2)c2c(c1C#N)C(F)(F)CC2(F)F. The van der Waals surface area contributed by atoms with Gasteiger partial charge in [-0.1, -0.05) is 97.1 Å². The first-order valence-corrected chi connectivity index (χ1v) is 19.9. The molecule has 0 saturated carbocycles. The number of aliphatic hydroxyl groups excluding tert-OH is 1. The summed E-state index contributed by atoms with van der Waals surface area (Å²) in [6.45, 7) is 8.09. The van der Waals surface area contributed by atoms with Crippen molar-refractivity contribution >= 4 is 34.1 Å². The molecule has 1 atom stereocenters. The fourth-order valence-corrected chi connectivity index (χ4v) is 9.47. The van der Waals surface area contributed by atoms with Crippen LogP contribution in [0.15, 0.2) is 133 Å². The average Bonchev–Trinajstić information content (AvgIpc) is 3.44. The number of hydrogen-bond acceptors (Lipinski definition) is 5. The molecule has 0 amide bonds. The monoisotopic (exact) mass is 810 g/mol. The lowest BCUT2D eigenvalue weighted by Gasteiger charge is -2.42. The highest BCUT2D eigenvalue weighted by Gasteiger charge is 2.60. The summed E-state index contributed by atoms with van der Waals surface area (Å²) in [4.78, 5) is 3.63. The van der Waals surface area contributed by atoms with Crippen LogP contribution < -0.4 is 9.80 Å². The Balaban J connectivity index is 1.45. The molecular weight excluding hydrogens is 773 g/mol. The number of rotatable bonds is 6. The minimum absolute atomic E-state index is 0.119. The molecule has 1 N–H and O–H groups in total. The van der Waals surface area contributed by atoms with Gasteiger partial charge in [0.05, 0.1) is 51.5 Å². The Morgan fingerprint density at radius 1 is 0.541 bits per heavy atom. The Morgan fingerprint density at radius 3 is 1.48 bits per heavy atom. The minimum atomic E-state index is -4.19. The maximum atomic E-state index is 16.4. The molecule has 0 fully saturated rings. The highest BCUT2D eigenvalue weighted by molar-refractivity contribution is 6.05. The predicted octanol–water partition coefficient (Wildman–Crippen LogP) is 13.9. The van der Waals surface area contributed by atoms with E-state index in [2.05, 4.69) is 4.90 Å². The molecule has 7 aromatic carbocycles. The zero-order valence-electron chi connectivity index (χ0n) is 33.7. The largest absolute Gasteiger partial charge is 0.384 e. The van der Waals surface area contributed by atoms with Crippen molar-refractivity contribution in [2.24, 2.45) is 0 Å². The third-order valence-corrected chi connectivity index (χ3v) is 12.0. The van der Waals surface area contributed by atoms with Gasteiger partial charge >= 0.3 is 0 Å². The Bertz CT molecular complexity index is 2860. The highest BCUT2D eigenvalue weighted by atomic mass is 19.3. The molecule has 0 saturated heterocycles. The van der Waals surface area contributed by atoms with E-state index in [4.69, 9.17) is 0 Å². The molecule has 0 bridgehead atoms. The molecule has 9 heteroatoms. The van der Waals surface area contributed by atoms with E-state index < -0.39 is 52.2 Å². The van der Waals surface area contributed by atoms with Crippen LogP contribution in [-0.4, -0.2) is 5.11 Å². The number of alkyl halides is 4. The van der Waals surface area contributed by atoms with Crippen molar-refractivity contribution in [2.75, 3.05) is 9.80 Å². The van der Waals surface area contributed by atoms with Gasteiger partial charge in [0.2, 0.25) is 0 Å². The van der Waals surface area contributed by atoms with Crippen LogP contribution in [0.25, 0.3) is 22.3 Å². The van der Waals surface area contributed by atoms with Gasteiger partial charge in [-0.15, -0.1) is 0 Å². The van der Waals surface area contributed by atoms with E-state index in [1.54, 1.807) is 23.1 Å². The van der Waals surface area contributed by atoms with Crippen LogP contribution in [0.1, 0.15) is 68.2 Å². The van der Waals surface area contributed by atoms with Gasteiger partial charge in [0.25, 0.3) is 11.8 Å². The van der Waals surface area contributed by atoms with Crippen molar-refractivity contribution in [3.05, 3.63) is 189 Å². The number of anilines is 6. The number of nitrogens with zero attached hydrogens (tertiary/aromatic N) is 4. The molecule has 1 aliphatic carbocycles. The molecule has 1 aliphatic heterocycles. The summed E-state index contributed by atoms with van der Waals surface area (Å²) in [6, 6.07) is 44.8. The molecule has 0 radical (unpaired) electrons. The first-order valence-electron chi connectivity index (χ1n) is 19.9. The van der Waals surface area contributed by atoms with Gasteiger partial charge in [0.1, 0.15) is 18.2 Å². The molecule has 300 valence electrons. The van der Waals surface area contributed by atoms with E-state index in [1.807, 2.05) is 143 Å². The van der Waals surface area contributed by atoms with Gasteiger partial charge in [0, 0.05) is 16.8 Å². The first kappa shape index (κ1) is 39.3. The molecule has 0 spiro atoms. The van der Waals surface area contributed by atoms with Crippen molar-refractivity contribution in [3.8, 4) is 34.4 Å². The summed E-state index contributed by atoms with van der Waals surface area (Å²) in [5, 5.41) is 34.2. The Morgan fingerprint density at radius 2 is 1.00 bits per heavy atom. The van der Waals surface area contributed by atoms with Crippen LogP contribution in [0.5, 0.6) is 0 Å². The van der Waals surface area contributed by atoms with Crippen LogP contribution in [0, 0.1) is 50.4 Å². The Hall–Kier alpha value is -7.20. The van der Waals surface area contributed by atoms with E-state index in [9.17, 15) is 15.6 Å². The van der Waals surface area contributed by atoms with E-state index in [0.29, 0.717) is 22.7 Å². The molecule has 2 aliphatic rings. The molecular formula is C52H38F4N4O. The summed E-state index contributed by atoms with van der Waals surface area (Å²) in [6.07, 6.45) is -3.83. The second-order valence-electron chi connectivity index (χ2n) is 15.8. The quantitative estimate of drug-likeness (QED) is 0.169. The lowest BCUT2D eigenvalue weighted by Crippen LogP contribution is -2.27. The zero-order valence-corrected chi connectivity index (χ0v) is 33.7. The van der Waals surface area contributed by atoms with Crippen molar-refractivity contribution in [1.29, 1.82) is 10.5 Å². The standard InChI is InChI=1S/C52H38F4N4O/c1-30-13-11-14-31(2)44(30)35-21-23-40-42(25-35)59(37-19-9-6-10-20-37)43-26-36(45-32(3)15-12-16-33(45)4)22-24-41(43)60(40)49-38(27-57)46(50(61)34-17-7-5-8-18-34)48-47(39(49)28-58)51(53,54)29-52(48,55)56/h5-26,50,61H,29H2,1-4H3. The van der Waals surface area contributed by atoms with Crippen molar-refractivity contribution < 1.29 is 22.7 Å². The number of nitriles is 2. The first-order chi connectivity index (χ1) is 29.3. The van der Waals surface area contributed by atoms with Crippen LogP contribution >= 0.6 is 0 Å². The van der Waals surface area contributed by atoms with Gasteiger partial charge in [-0.25, -0.2) is 17.6 Å². The number of halogens is 4. The van der Waals surface area contributed by atoms with E-state index in [-0.39, 0.29) is 11.3 Å². The number of para-hydroxylation sites is 1. The number of hydrogen-bond donors (Lipinski definition) is 1. The van der Waals surface area contributed by atoms with Crippen molar-refractivity contribution in [3.63, 3.8) is 0 Å². The number of benzene rings is 7. The third-order valence-electron chi connectivity index (χ3n) is 12.0. The fourth-order valence-electron chi connectivity index (χ4n) is 9.47. The molecule has 61 heavy (non-hydrogen) atoms. The van der Waals surface area contributed by atoms with Gasteiger partial charge in [-0.2, -0.15) is 10.5 Å². The molecule has 7 aromatic rings. The Labute approximate surface area is 351 Å². The second-order valence-corrected chi connectivity index (χ2v) is 15.8. The smallest absolute Gasteiger partial charge is 0.281 e. The maximum absolute atomic E-state index is 16.4. The Kier molecular flexibility index (Phi) is 9.34. The lowest BCUT2D eigenvalue weighted by atomic mass is 9.84. The average molecular weight is 811 g/mol. The summed E-state index contributed by atoms with van der Waals surface area (Å²) in [7, 11) is 0. The van der Waals surface area contributed by atoms with Crippen molar-refractivity contribution in [1.82, 2.24) is 0 Å². The number of aryl methyl sites for hydroxylation is 4. The van der Waals surface area contributed by atoms with Crippen LogP contribution in [-0.2, 0) is 11.8 Å². The molecule has 1 heterocycles. The molecule has 5 nitrogen and oxygen atoms in total. The summed E-state index contributed by atoms with van der Waals surface area (Å²) in [5.74, 6) is -8.37. The molecule has 0 aromatic heterocycles. The summed E-state index contributed by atoms with van der Waals surface area (Å²) >= 11 is 0. The summed E-state index contributed by atoms with van der Waals surface area (Å²) in [5.41, 5.74) is 5.99. The van der Waals surface area contributed by atoms with E-state index in [0.717, 1.165) is 50.2 Å². The normalized spacial score (nSPS) is 15.0. The van der Waals surface area contributed by atoms with Gasteiger partial charge in [0.15, 0.2) is 0 Å². The lowest BCUT2D eigenvalue weighted by molar-refractivity contribution is -0.0930. The number of aliphatic hydroxyl groups is 1. The van der Waals surface area contributed by atoms with Crippen LogP contribution in [0.4, 0.5) is 51.7 Å². The van der Waals surface area contributed by atoms with Crippen LogP contribution in [0.2, 0.25) is 0 Å². The minimum Gasteiger partial charge on any atom is -0.384 e. The molecule has 9 rings (SSSR count). The topological polar surface area (TPSA) is 74.3 Å². The molecule has 1 unspecified atom stereocenters. The number of fused-ring (bicyclic) bond motifs is 3. The van der Waals surface area contributed by atoms with Gasteiger partial charge < -0.3 is 14.9 Å². The van der Waals surface area contributed by atoms with Gasteiger partial charge in [-0.3, -0.25) is 0 Å². The second kappa shape index (κ2) is 14.5. The fraction of sp³-hybridized carbons (Fsp3) is 0.154. The van der Waals surface area contributed by atoms with E-state index >= 15 is 17.6 Å². The van der Waals surface area contributed by atoms with Crippen molar-refractivity contribution in [2.45, 2.75) is 52.1 Å². The maximum Gasteiger partial charge on any atom is 0.281 e. The highest BCUT2D eigenvalue weighted by Crippen LogP contribution is 2.63. The van der Waals surface area contributed by atoms with Gasteiger partial charge in [-0.05, 0) is 114 Å².